The standard InChI is InChI=1S/C40H36N2OS2/c1-29-3-13-34(14-4-29)41(35-15-5-30(27-44)6-16-35)37-19-9-32(10-20-37)33-11-21-38(22-12-33)42(36-17-7-31(28-45)8-18-36)39-23-25-40(43-2)26-24-39/h3-26,44-45H,27-28H2,1-2H3. The predicted octanol–water partition coefficient (Wildman–Crippen LogP) is 11.5. The number of hydrogen-bond acceptors (Lipinski definition) is 5. The van der Waals surface area contributed by atoms with Crippen molar-refractivity contribution >= 4 is 59.4 Å². The van der Waals surface area contributed by atoms with Gasteiger partial charge in [0.1, 0.15) is 5.75 Å². The van der Waals surface area contributed by atoms with Gasteiger partial charge in [0.2, 0.25) is 0 Å². The van der Waals surface area contributed by atoms with Gasteiger partial charge in [-0.25, -0.2) is 0 Å². The molecule has 0 unspecified atom stereocenters. The van der Waals surface area contributed by atoms with E-state index >= 15 is 0 Å². The van der Waals surface area contributed by atoms with E-state index in [4.69, 9.17) is 4.74 Å². The van der Waals surface area contributed by atoms with Crippen molar-refractivity contribution in [2.75, 3.05) is 16.9 Å². The van der Waals surface area contributed by atoms with Gasteiger partial charge in [0.05, 0.1) is 7.11 Å². The molecule has 0 aliphatic heterocycles. The monoisotopic (exact) mass is 624 g/mol. The fraction of sp³-hybridized carbons (Fsp3) is 0.100. The minimum atomic E-state index is 0.710. The minimum Gasteiger partial charge on any atom is -0.497 e. The van der Waals surface area contributed by atoms with Crippen molar-refractivity contribution in [3.63, 3.8) is 0 Å². The SMILES string of the molecule is COc1ccc(N(c2ccc(CS)cc2)c2ccc(-c3ccc(N(c4ccc(C)cc4)c4ccc(CS)cc4)cc3)cc2)cc1. The Morgan fingerprint density at radius 1 is 0.422 bits per heavy atom. The Kier molecular flexibility index (Phi) is 9.49. The van der Waals surface area contributed by atoms with Gasteiger partial charge >= 0.3 is 0 Å². The largest absolute Gasteiger partial charge is 0.497 e. The van der Waals surface area contributed by atoms with Crippen molar-refractivity contribution in [1.29, 1.82) is 0 Å². The molecule has 0 bridgehead atoms. The van der Waals surface area contributed by atoms with E-state index in [0.29, 0.717) is 5.75 Å². The second-order valence-electron chi connectivity index (χ2n) is 10.9. The molecule has 0 saturated carbocycles. The molecule has 6 rings (SSSR count). The second-order valence-corrected chi connectivity index (χ2v) is 11.6. The van der Waals surface area contributed by atoms with Gasteiger partial charge in [0, 0.05) is 45.6 Å². The molecule has 0 fully saturated rings. The van der Waals surface area contributed by atoms with Crippen molar-refractivity contribution in [3.05, 3.63) is 162 Å². The van der Waals surface area contributed by atoms with Crippen LogP contribution in [0, 0.1) is 6.92 Å². The van der Waals surface area contributed by atoms with Gasteiger partial charge in [0.15, 0.2) is 0 Å². The molecule has 0 aromatic heterocycles. The maximum absolute atomic E-state index is 5.41. The quantitative estimate of drug-likeness (QED) is 0.148. The molecular formula is C40H36N2OS2. The van der Waals surface area contributed by atoms with Crippen molar-refractivity contribution in [1.82, 2.24) is 0 Å². The van der Waals surface area contributed by atoms with Crippen LogP contribution in [0.5, 0.6) is 5.75 Å². The second kappa shape index (κ2) is 14.0. The van der Waals surface area contributed by atoms with Crippen molar-refractivity contribution in [2.24, 2.45) is 0 Å². The first kappa shape index (κ1) is 30.4. The van der Waals surface area contributed by atoms with Gasteiger partial charge in [-0.3, -0.25) is 0 Å². The van der Waals surface area contributed by atoms with Crippen LogP contribution in [0.3, 0.4) is 0 Å². The first-order valence-electron chi connectivity index (χ1n) is 15.0. The third-order valence-electron chi connectivity index (χ3n) is 7.96. The highest BCUT2D eigenvalue weighted by atomic mass is 32.1. The highest BCUT2D eigenvalue weighted by Gasteiger charge is 2.15. The summed E-state index contributed by atoms with van der Waals surface area (Å²) < 4.78 is 5.41. The molecular weight excluding hydrogens is 589 g/mol. The van der Waals surface area contributed by atoms with Crippen LogP contribution in [-0.4, -0.2) is 7.11 Å². The number of nitrogens with zero attached hydrogens (tertiary/aromatic N) is 2. The van der Waals surface area contributed by atoms with Gasteiger partial charge in [-0.05, 0) is 114 Å². The molecule has 45 heavy (non-hydrogen) atoms. The average Bonchev–Trinajstić information content (AvgIpc) is 3.11. The van der Waals surface area contributed by atoms with E-state index in [2.05, 4.69) is 175 Å². The lowest BCUT2D eigenvalue weighted by Crippen LogP contribution is -2.10. The van der Waals surface area contributed by atoms with E-state index in [1.54, 1.807) is 7.11 Å². The van der Waals surface area contributed by atoms with E-state index in [1.807, 2.05) is 12.1 Å². The first-order chi connectivity index (χ1) is 22.1. The lowest BCUT2D eigenvalue weighted by Gasteiger charge is -2.26. The fourth-order valence-corrected chi connectivity index (χ4v) is 5.85. The summed E-state index contributed by atoms with van der Waals surface area (Å²) >= 11 is 8.88. The Labute approximate surface area is 277 Å². The zero-order chi connectivity index (χ0) is 31.2. The summed E-state index contributed by atoms with van der Waals surface area (Å²) in [5.74, 6) is 2.26. The molecule has 5 heteroatoms. The molecule has 6 aromatic carbocycles. The maximum Gasteiger partial charge on any atom is 0.119 e. The number of anilines is 6. The normalized spacial score (nSPS) is 10.8. The molecule has 0 spiro atoms. The summed E-state index contributed by atoms with van der Waals surface area (Å²) in [4.78, 5) is 4.55. The highest BCUT2D eigenvalue weighted by molar-refractivity contribution is 7.79. The molecule has 224 valence electrons. The Bertz CT molecular complexity index is 1770. The third-order valence-corrected chi connectivity index (χ3v) is 8.69. The molecule has 0 saturated heterocycles. The molecule has 0 aliphatic carbocycles. The van der Waals surface area contributed by atoms with E-state index < -0.39 is 0 Å². The number of thiol groups is 2. The third kappa shape index (κ3) is 6.90. The van der Waals surface area contributed by atoms with Crippen molar-refractivity contribution < 1.29 is 4.74 Å². The highest BCUT2D eigenvalue weighted by Crippen LogP contribution is 2.38. The lowest BCUT2D eigenvalue weighted by molar-refractivity contribution is 0.415. The van der Waals surface area contributed by atoms with E-state index in [-0.39, 0.29) is 0 Å². The maximum atomic E-state index is 5.41. The molecule has 0 atom stereocenters. The van der Waals surface area contributed by atoms with Crippen LogP contribution in [0.15, 0.2) is 146 Å². The zero-order valence-electron chi connectivity index (χ0n) is 25.5. The number of aryl methyl sites for hydroxylation is 1. The summed E-state index contributed by atoms with van der Waals surface area (Å²) in [7, 11) is 1.69. The first-order valence-corrected chi connectivity index (χ1v) is 16.2. The summed E-state index contributed by atoms with van der Waals surface area (Å²) in [6, 6.07) is 51.5. The van der Waals surface area contributed by atoms with Crippen LogP contribution < -0.4 is 14.5 Å². The summed E-state index contributed by atoms with van der Waals surface area (Å²) in [6.45, 7) is 2.12. The number of methoxy groups -OCH3 is 1. The van der Waals surface area contributed by atoms with Crippen LogP contribution in [0.2, 0.25) is 0 Å². The van der Waals surface area contributed by atoms with E-state index in [0.717, 1.165) is 56.8 Å². The number of ether oxygens (including phenoxy) is 1. The Hall–Kier alpha value is -4.58. The van der Waals surface area contributed by atoms with Gasteiger partial charge in [-0.15, -0.1) is 0 Å². The molecule has 0 N–H and O–H groups in total. The van der Waals surface area contributed by atoms with Gasteiger partial charge in [-0.1, -0.05) is 66.2 Å². The smallest absolute Gasteiger partial charge is 0.119 e. The predicted molar refractivity (Wildman–Crippen MR) is 198 cm³/mol. The Morgan fingerprint density at radius 3 is 1.02 bits per heavy atom. The topological polar surface area (TPSA) is 15.7 Å². The zero-order valence-corrected chi connectivity index (χ0v) is 27.3. The van der Waals surface area contributed by atoms with Crippen LogP contribution in [0.4, 0.5) is 34.1 Å². The van der Waals surface area contributed by atoms with Crippen LogP contribution >= 0.6 is 25.3 Å². The van der Waals surface area contributed by atoms with Crippen molar-refractivity contribution in [3.8, 4) is 16.9 Å². The fourth-order valence-electron chi connectivity index (χ4n) is 5.43. The molecule has 0 radical (unpaired) electrons. The van der Waals surface area contributed by atoms with Gasteiger partial charge < -0.3 is 14.5 Å². The van der Waals surface area contributed by atoms with Crippen molar-refractivity contribution in [2.45, 2.75) is 18.4 Å². The van der Waals surface area contributed by atoms with E-state index in [1.165, 1.54) is 16.7 Å². The molecule has 0 amide bonds. The van der Waals surface area contributed by atoms with E-state index in [9.17, 15) is 0 Å². The van der Waals surface area contributed by atoms with Crippen LogP contribution in [0.25, 0.3) is 11.1 Å². The summed E-state index contributed by atoms with van der Waals surface area (Å²) in [6.07, 6.45) is 0. The number of benzene rings is 6. The van der Waals surface area contributed by atoms with Crippen LogP contribution in [0.1, 0.15) is 16.7 Å². The number of hydrogen-bond donors (Lipinski definition) is 2. The molecule has 0 heterocycles. The molecule has 3 nitrogen and oxygen atoms in total. The lowest BCUT2D eigenvalue weighted by atomic mass is 10.0. The molecule has 6 aromatic rings. The van der Waals surface area contributed by atoms with Gasteiger partial charge in [-0.2, -0.15) is 25.3 Å². The van der Waals surface area contributed by atoms with Gasteiger partial charge in [0.25, 0.3) is 0 Å². The Morgan fingerprint density at radius 2 is 0.711 bits per heavy atom. The summed E-state index contributed by atoms with van der Waals surface area (Å²) in [5.41, 5.74) is 12.5. The molecule has 0 aliphatic rings. The van der Waals surface area contributed by atoms with Crippen LogP contribution in [-0.2, 0) is 11.5 Å². The minimum absolute atomic E-state index is 0.710. The number of rotatable bonds is 10. The summed E-state index contributed by atoms with van der Waals surface area (Å²) in [5, 5.41) is 0. The average molecular weight is 625 g/mol. The Balaban J connectivity index is 1.31.